The quantitative estimate of drug-likeness (QED) is 0.796. The summed E-state index contributed by atoms with van der Waals surface area (Å²) in [5.41, 5.74) is 2.10. The van der Waals surface area contributed by atoms with Crippen molar-refractivity contribution in [3.8, 4) is 11.3 Å². The van der Waals surface area contributed by atoms with Gasteiger partial charge in [-0.1, -0.05) is 17.7 Å². The molecular weight excluding hydrogens is 234 g/mol. The molecule has 0 spiro atoms. The van der Waals surface area contributed by atoms with Crippen molar-refractivity contribution in [3.63, 3.8) is 0 Å². The number of hydrogen-bond acceptors (Lipinski definition) is 2. The summed E-state index contributed by atoms with van der Waals surface area (Å²) in [7, 11) is 0. The van der Waals surface area contributed by atoms with Crippen LogP contribution in [0.2, 0.25) is 5.02 Å². The average molecular weight is 250 g/mol. The van der Waals surface area contributed by atoms with Gasteiger partial charge in [0.1, 0.15) is 5.76 Å². The van der Waals surface area contributed by atoms with Crippen molar-refractivity contribution < 1.29 is 4.42 Å². The first-order valence-corrected chi connectivity index (χ1v) is 6.23. The molecule has 0 aliphatic carbocycles. The van der Waals surface area contributed by atoms with E-state index in [0.717, 1.165) is 35.1 Å². The molecule has 1 heterocycles. The molecule has 2 aromatic rings. The molecule has 0 aliphatic heterocycles. The van der Waals surface area contributed by atoms with Crippen molar-refractivity contribution in [1.82, 2.24) is 0 Å². The third kappa shape index (κ3) is 2.32. The molecular formula is C14H16ClNO. The van der Waals surface area contributed by atoms with E-state index in [4.69, 9.17) is 16.0 Å². The second kappa shape index (κ2) is 5.28. The van der Waals surface area contributed by atoms with Crippen LogP contribution in [0.5, 0.6) is 0 Å². The average Bonchev–Trinajstić information content (AvgIpc) is 2.86. The Morgan fingerprint density at radius 1 is 1.12 bits per heavy atom. The lowest BCUT2D eigenvalue weighted by Gasteiger charge is -2.24. The van der Waals surface area contributed by atoms with Crippen molar-refractivity contribution in [3.05, 3.63) is 41.6 Å². The lowest BCUT2D eigenvalue weighted by molar-refractivity contribution is 0.582. The highest BCUT2D eigenvalue weighted by Gasteiger charge is 2.15. The van der Waals surface area contributed by atoms with E-state index in [1.807, 2.05) is 30.3 Å². The number of halogens is 1. The van der Waals surface area contributed by atoms with Crippen LogP contribution >= 0.6 is 11.6 Å². The standard InChI is InChI=1S/C14H16ClNO/c1-3-16(4-2)14-11(7-5-8-12(14)15)13-9-6-10-17-13/h5-10H,3-4H2,1-2H3. The van der Waals surface area contributed by atoms with Gasteiger partial charge in [0.05, 0.1) is 17.0 Å². The Bertz CT molecular complexity index is 475. The molecule has 0 aliphatic rings. The molecule has 0 radical (unpaired) electrons. The molecule has 0 atom stereocenters. The van der Waals surface area contributed by atoms with Crippen LogP contribution in [0.1, 0.15) is 13.8 Å². The fourth-order valence-electron chi connectivity index (χ4n) is 2.01. The van der Waals surface area contributed by atoms with Crippen LogP contribution in [-0.4, -0.2) is 13.1 Å². The smallest absolute Gasteiger partial charge is 0.135 e. The molecule has 0 fully saturated rings. The van der Waals surface area contributed by atoms with Gasteiger partial charge >= 0.3 is 0 Å². The van der Waals surface area contributed by atoms with Crippen LogP contribution in [-0.2, 0) is 0 Å². The van der Waals surface area contributed by atoms with Crippen LogP contribution in [0.3, 0.4) is 0 Å². The van der Waals surface area contributed by atoms with Gasteiger partial charge in [-0.2, -0.15) is 0 Å². The summed E-state index contributed by atoms with van der Waals surface area (Å²) in [6, 6.07) is 9.76. The van der Waals surface area contributed by atoms with E-state index in [1.54, 1.807) is 6.26 Å². The predicted octanol–water partition coefficient (Wildman–Crippen LogP) is 4.45. The molecule has 2 rings (SSSR count). The van der Waals surface area contributed by atoms with Crippen molar-refractivity contribution in [1.29, 1.82) is 0 Å². The van der Waals surface area contributed by atoms with Crippen LogP contribution in [0.4, 0.5) is 5.69 Å². The third-order valence-electron chi connectivity index (χ3n) is 2.85. The van der Waals surface area contributed by atoms with Crippen molar-refractivity contribution in [2.24, 2.45) is 0 Å². The molecule has 0 amide bonds. The highest BCUT2D eigenvalue weighted by molar-refractivity contribution is 6.34. The Morgan fingerprint density at radius 2 is 1.88 bits per heavy atom. The minimum Gasteiger partial charge on any atom is -0.464 e. The molecule has 0 saturated heterocycles. The fourth-order valence-corrected chi connectivity index (χ4v) is 2.30. The van der Waals surface area contributed by atoms with E-state index in [1.165, 1.54) is 0 Å². The van der Waals surface area contributed by atoms with E-state index in [-0.39, 0.29) is 0 Å². The predicted molar refractivity (Wildman–Crippen MR) is 72.7 cm³/mol. The molecule has 0 bridgehead atoms. The molecule has 17 heavy (non-hydrogen) atoms. The summed E-state index contributed by atoms with van der Waals surface area (Å²) in [5.74, 6) is 0.856. The molecule has 90 valence electrons. The minimum absolute atomic E-state index is 0.766. The van der Waals surface area contributed by atoms with Gasteiger partial charge in [0.15, 0.2) is 0 Å². The van der Waals surface area contributed by atoms with Gasteiger partial charge in [0.2, 0.25) is 0 Å². The number of para-hydroxylation sites is 1. The Balaban J connectivity index is 2.56. The third-order valence-corrected chi connectivity index (χ3v) is 3.16. The maximum absolute atomic E-state index is 6.32. The second-order valence-electron chi connectivity index (χ2n) is 3.79. The van der Waals surface area contributed by atoms with Gasteiger partial charge in [-0.15, -0.1) is 0 Å². The monoisotopic (exact) mass is 249 g/mol. The maximum atomic E-state index is 6.32. The summed E-state index contributed by atoms with van der Waals surface area (Å²) in [4.78, 5) is 2.24. The van der Waals surface area contributed by atoms with Crippen molar-refractivity contribution in [2.45, 2.75) is 13.8 Å². The Hall–Kier alpha value is -1.41. The van der Waals surface area contributed by atoms with Crippen LogP contribution in [0, 0.1) is 0 Å². The lowest BCUT2D eigenvalue weighted by Crippen LogP contribution is -2.22. The lowest BCUT2D eigenvalue weighted by atomic mass is 10.1. The fraction of sp³-hybridized carbons (Fsp3) is 0.286. The molecule has 0 N–H and O–H groups in total. The maximum Gasteiger partial charge on any atom is 0.135 e. The minimum atomic E-state index is 0.766. The number of benzene rings is 1. The van der Waals surface area contributed by atoms with Gasteiger partial charge < -0.3 is 9.32 Å². The van der Waals surface area contributed by atoms with Crippen LogP contribution in [0.15, 0.2) is 41.0 Å². The molecule has 0 saturated carbocycles. The molecule has 1 aromatic heterocycles. The number of nitrogens with zero attached hydrogens (tertiary/aromatic N) is 1. The van der Waals surface area contributed by atoms with E-state index >= 15 is 0 Å². The molecule has 2 nitrogen and oxygen atoms in total. The van der Waals surface area contributed by atoms with Crippen molar-refractivity contribution in [2.75, 3.05) is 18.0 Å². The Kier molecular flexibility index (Phi) is 3.75. The second-order valence-corrected chi connectivity index (χ2v) is 4.19. The zero-order valence-electron chi connectivity index (χ0n) is 10.1. The molecule has 0 unspecified atom stereocenters. The van der Waals surface area contributed by atoms with Gasteiger partial charge in [0, 0.05) is 18.7 Å². The first-order valence-electron chi connectivity index (χ1n) is 5.85. The van der Waals surface area contributed by atoms with E-state index in [0.29, 0.717) is 0 Å². The summed E-state index contributed by atoms with van der Waals surface area (Å²) < 4.78 is 5.47. The number of rotatable bonds is 4. The van der Waals surface area contributed by atoms with Gasteiger partial charge in [-0.25, -0.2) is 0 Å². The summed E-state index contributed by atoms with van der Waals surface area (Å²) >= 11 is 6.32. The Labute approximate surface area is 107 Å². The van der Waals surface area contributed by atoms with Crippen LogP contribution < -0.4 is 4.90 Å². The summed E-state index contributed by atoms with van der Waals surface area (Å²) in [6.45, 7) is 6.10. The molecule has 3 heteroatoms. The molecule has 1 aromatic carbocycles. The van der Waals surface area contributed by atoms with Gasteiger partial charge in [0.25, 0.3) is 0 Å². The zero-order chi connectivity index (χ0) is 12.3. The largest absolute Gasteiger partial charge is 0.464 e. The number of furan rings is 1. The number of hydrogen-bond donors (Lipinski definition) is 0. The van der Waals surface area contributed by atoms with Gasteiger partial charge in [-0.3, -0.25) is 0 Å². The highest BCUT2D eigenvalue weighted by Crippen LogP contribution is 2.36. The highest BCUT2D eigenvalue weighted by atomic mass is 35.5. The normalized spacial score (nSPS) is 10.5. The first kappa shape index (κ1) is 12.1. The first-order chi connectivity index (χ1) is 8.27. The van der Waals surface area contributed by atoms with Crippen molar-refractivity contribution >= 4 is 17.3 Å². The summed E-state index contributed by atoms with van der Waals surface area (Å²) in [6.07, 6.45) is 1.68. The Morgan fingerprint density at radius 3 is 2.47 bits per heavy atom. The van der Waals surface area contributed by atoms with E-state index < -0.39 is 0 Å². The number of anilines is 1. The van der Waals surface area contributed by atoms with Gasteiger partial charge in [-0.05, 0) is 38.1 Å². The van der Waals surface area contributed by atoms with E-state index in [2.05, 4.69) is 18.7 Å². The van der Waals surface area contributed by atoms with E-state index in [9.17, 15) is 0 Å². The van der Waals surface area contributed by atoms with Crippen LogP contribution in [0.25, 0.3) is 11.3 Å². The SMILES string of the molecule is CCN(CC)c1c(Cl)cccc1-c1ccco1. The topological polar surface area (TPSA) is 16.4 Å². The zero-order valence-corrected chi connectivity index (χ0v) is 10.9. The summed E-state index contributed by atoms with van der Waals surface area (Å²) in [5, 5.41) is 0.766.